The van der Waals surface area contributed by atoms with Crippen molar-refractivity contribution in [3.05, 3.63) is 80.7 Å². The van der Waals surface area contributed by atoms with E-state index in [0.29, 0.717) is 37.2 Å². The average Bonchev–Trinajstić information content (AvgIpc) is 3.49. The van der Waals surface area contributed by atoms with Crippen LogP contribution in [-0.2, 0) is 22.6 Å². The molecule has 1 unspecified atom stereocenters. The van der Waals surface area contributed by atoms with Gasteiger partial charge in [-0.15, -0.1) is 0 Å². The minimum absolute atomic E-state index is 0.0283. The third-order valence-electron chi connectivity index (χ3n) is 8.15. The molecule has 1 aromatic rings. The van der Waals surface area contributed by atoms with Gasteiger partial charge >= 0.3 is 5.97 Å². The summed E-state index contributed by atoms with van der Waals surface area (Å²) in [4.78, 5) is 48.9. The zero-order valence-corrected chi connectivity index (χ0v) is 25.7. The smallest absolute Gasteiger partial charge is 0.328 e. The molecule has 4 aliphatic rings. The van der Waals surface area contributed by atoms with Crippen LogP contribution < -0.4 is 10.6 Å². The highest BCUT2D eigenvalue weighted by Crippen LogP contribution is 2.35. The Morgan fingerprint density at radius 3 is 2.68 bits per heavy atom. The number of guanidine groups is 1. The SMILES string of the molecule is CC1CC=C(C(=O)N2CCc3c(cc(Cl)c(C(=O)N[C@@H](CN=C(NC#N)N4CCCC4)C(=O)O)c3Cl)C2)C=C2C=CC=CN21. The fraction of sp³-hybridized carbons (Fsp3) is 0.387. The highest BCUT2D eigenvalue weighted by Gasteiger charge is 2.31. The van der Waals surface area contributed by atoms with Crippen molar-refractivity contribution in [2.45, 2.75) is 51.2 Å². The van der Waals surface area contributed by atoms with Crippen molar-refractivity contribution in [1.29, 1.82) is 5.26 Å². The number of nitriles is 1. The summed E-state index contributed by atoms with van der Waals surface area (Å²) in [6.45, 7) is 3.86. The van der Waals surface area contributed by atoms with Gasteiger partial charge in [-0.1, -0.05) is 35.4 Å². The molecule has 230 valence electrons. The lowest BCUT2D eigenvalue weighted by atomic mass is 9.95. The number of fused-ring (bicyclic) bond motifs is 2. The molecule has 0 bridgehead atoms. The summed E-state index contributed by atoms with van der Waals surface area (Å²) >= 11 is 13.3. The summed E-state index contributed by atoms with van der Waals surface area (Å²) in [5, 5.41) is 24.0. The monoisotopic (exact) mass is 637 g/mol. The number of carboxylic acids is 1. The number of nitrogens with one attached hydrogen (secondary N) is 2. The number of aliphatic carboxylic acids is 1. The van der Waals surface area contributed by atoms with Crippen LogP contribution in [0.15, 0.2) is 58.9 Å². The zero-order valence-electron chi connectivity index (χ0n) is 24.2. The van der Waals surface area contributed by atoms with Gasteiger partial charge in [-0.2, -0.15) is 5.26 Å². The Morgan fingerprint density at radius 2 is 1.95 bits per heavy atom. The van der Waals surface area contributed by atoms with Crippen LogP contribution in [0.5, 0.6) is 0 Å². The fourth-order valence-electron chi connectivity index (χ4n) is 5.78. The molecule has 0 radical (unpaired) electrons. The number of nitrogens with zero attached hydrogens (tertiary/aromatic N) is 5. The number of carbonyl (C=O) groups excluding carboxylic acids is 2. The van der Waals surface area contributed by atoms with Crippen molar-refractivity contribution in [2.75, 3.05) is 26.2 Å². The average molecular weight is 639 g/mol. The number of hydrogen-bond donors (Lipinski definition) is 3. The molecule has 0 spiro atoms. The van der Waals surface area contributed by atoms with Gasteiger partial charge in [0.25, 0.3) is 11.8 Å². The van der Waals surface area contributed by atoms with E-state index in [1.807, 2.05) is 47.7 Å². The van der Waals surface area contributed by atoms with Crippen LogP contribution in [0, 0.1) is 11.5 Å². The highest BCUT2D eigenvalue weighted by molar-refractivity contribution is 6.40. The number of carbonyl (C=O) groups is 3. The van der Waals surface area contributed by atoms with Crippen molar-refractivity contribution in [1.82, 2.24) is 25.3 Å². The molecular weight excluding hydrogens is 605 g/mol. The molecule has 0 aliphatic carbocycles. The first-order valence-corrected chi connectivity index (χ1v) is 15.3. The molecule has 13 heteroatoms. The minimum atomic E-state index is -1.38. The maximum atomic E-state index is 13.6. The number of amides is 2. The van der Waals surface area contributed by atoms with E-state index in [0.717, 1.165) is 30.5 Å². The molecule has 2 amide bonds. The molecule has 1 saturated heterocycles. The van der Waals surface area contributed by atoms with Crippen LogP contribution in [0.2, 0.25) is 10.0 Å². The number of allylic oxidation sites excluding steroid dienone is 3. The van der Waals surface area contributed by atoms with Crippen LogP contribution >= 0.6 is 23.2 Å². The second kappa shape index (κ2) is 13.6. The van der Waals surface area contributed by atoms with E-state index in [1.165, 1.54) is 0 Å². The standard InChI is InChI=1S/C31H33Cl2N7O4/c1-19-7-8-20(14-22-6-2-3-12-40(19)22)29(42)39-13-9-23-21(17-39)15-24(32)26(27(23)33)28(41)37-25(30(43)44)16-35-31(36-18-34)38-10-4-5-11-38/h2-3,6,8,12,14-15,19,25H,4-5,7,9-11,13,16-17H2,1H3,(H,35,36)(H,37,41)(H,43,44)/t19?,25-/m0/s1. The molecule has 3 N–H and O–H groups in total. The molecule has 11 nitrogen and oxygen atoms in total. The van der Waals surface area contributed by atoms with Gasteiger partial charge in [0.05, 0.1) is 22.2 Å². The molecule has 2 atom stereocenters. The molecule has 4 aliphatic heterocycles. The summed E-state index contributed by atoms with van der Waals surface area (Å²) in [6, 6.07) is 0.448. The van der Waals surface area contributed by atoms with E-state index >= 15 is 0 Å². The van der Waals surface area contributed by atoms with E-state index in [4.69, 9.17) is 28.5 Å². The summed E-state index contributed by atoms with van der Waals surface area (Å²) < 4.78 is 0. The maximum Gasteiger partial charge on any atom is 0.328 e. The Kier molecular flexibility index (Phi) is 9.61. The normalized spacial score (nSPS) is 20.1. The quantitative estimate of drug-likeness (QED) is 0.186. The molecular formula is C31H33Cl2N7O4. The second-order valence-corrected chi connectivity index (χ2v) is 11.8. The van der Waals surface area contributed by atoms with Gasteiger partial charge in [-0.3, -0.25) is 14.9 Å². The van der Waals surface area contributed by atoms with Gasteiger partial charge in [0.1, 0.15) is 6.04 Å². The van der Waals surface area contributed by atoms with E-state index in [-0.39, 0.29) is 46.6 Å². The molecule has 0 saturated carbocycles. The van der Waals surface area contributed by atoms with E-state index in [9.17, 15) is 19.5 Å². The van der Waals surface area contributed by atoms with Crippen LogP contribution in [0.3, 0.4) is 0 Å². The number of halogens is 2. The summed E-state index contributed by atoms with van der Waals surface area (Å²) in [7, 11) is 0. The Balaban J connectivity index is 1.31. The maximum absolute atomic E-state index is 13.6. The van der Waals surface area contributed by atoms with Crippen LogP contribution in [0.1, 0.15) is 47.7 Å². The zero-order chi connectivity index (χ0) is 31.4. The van der Waals surface area contributed by atoms with Gasteiger partial charge in [0.15, 0.2) is 6.19 Å². The van der Waals surface area contributed by atoms with Gasteiger partial charge in [-0.25, -0.2) is 9.79 Å². The first kappa shape index (κ1) is 31.2. The van der Waals surface area contributed by atoms with Crippen LogP contribution in [-0.4, -0.2) is 81.8 Å². The molecule has 44 heavy (non-hydrogen) atoms. The van der Waals surface area contributed by atoms with E-state index < -0.39 is 17.9 Å². The summed E-state index contributed by atoms with van der Waals surface area (Å²) in [5.41, 5.74) is 2.96. The van der Waals surface area contributed by atoms with Crippen LogP contribution in [0.4, 0.5) is 0 Å². The van der Waals surface area contributed by atoms with Gasteiger partial charge in [0, 0.05) is 49.7 Å². The predicted molar refractivity (Wildman–Crippen MR) is 167 cm³/mol. The van der Waals surface area contributed by atoms with Crippen molar-refractivity contribution < 1.29 is 19.5 Å². The van der Waals surface area contributed by atoms with Gasteiger partial charge in [0.2, 0.25) is 5.96 Å². The Hall–Kier alpha value is -4.27. The number of hydrogen-bond acceptors (Lipinski definition) is 6. The van der Waals surface area contributed by atoms with Crippen molar-refractivity contribution >= 4 is 46.9 Å². The molecule has 1 fully saturated rings. The lowest BCUT2D eigenvalue weighted by Gasteiger charge is -2.31. The van der Waals surface area contributed by atoms with Gasteiger partial charge in [-0.05, 0) is 68.0 Å². The topological polar surface area (TPSA) is 141 Å². The Morgan fingerprint density at radius 1 is 1.18 bits per heavy atom. The second-order valence-electron chi connectivity index (χ2n) is 11.0. The largest absolute Gasteiger partial charge is 0.480 e. The first-order valence-electron chi connectivity index (χ1n) is 14.5. The Bertz CT molecular complexity index is 1550. The van der Waals surface area contributed by atoms with Crippen molar-refractivity contribution in [3.8, 4) is 6.19 Å². The van der Waals surface area contributed by atoms with E-state index in [1.54, 1.807) is 11.0 Å². The van der Waals surface area contributed by atoms with E-state index in [2.05, 4.69) is 27.4 Å². The van der Waals surface area contributed by atoms with Crippen LogP contribution in [0.25, 0.3) is 0 Å². The van der Waals surface area contributed by atoms with Crippen molar-refractivity contribution in [2.24, 2.45) is 4.99 Å². The summed E-state index contributed by atoms with van der Waals surface area (Å²) in [6.07, 6.45) is 16.6. The summed E-state index contributed by atoms with van der Waals surface area (Å²) in [5.74, 6) is -1.87. The Labute approximate surface area is 265 Å². The number of carboxylic acid groups (broad SMARTS) is 1. The minimum Gasteiger partial charge on any atom is -0.480 e. The lowest BCUT2D eigenvalue weighted by Crippen LogP contribution is -2.45. The van der Waals surface area contributed by atoms with Gasteiger partial charge < -0.3 is 25.1 Å². The first-order chi connectivity index (χ1) is 21.2. The lowest BCUT2D eigenvalue weighted by molar-refractivity contribution is -0.139. The third kappa shape index (κ3) is 6.61. The number of aliphatic imine (C=N–C) groups is 1. The van der Waals surface area contributed by atoms with Crippen molar-refractivity contribution in [3.63, 3.8) is 0 Å². The highest BCUT2D eigenvalue weighted by atomic mass is 35.5. The predicted octanol–water partition coefficient (Wildman–Crippen LogP) is 3.57. The molecule has 1 aromatic carbocycles. The fourth-order valence-corrected chi connectivity index (χ4v) is 6.54. The molecule has 0 aromatic heterocycles. The molecule has 5 rings (SSSR count). The number of benzene rings is 1. The number of rotatable bonds is 6. The molecule has 4 heterocycles. The third-order valence-corrected chi connectivity index (χ3v) is 8.86. The number of likely N-dealkylation sites (tertiary alicyclic amines) is 1.